The van der Waals surface area contributed by atoms with Gasteiger partial charge in [0.2, 0.25) is 0 Å². The van der Waals surface area contributed by atoms with Gasteiger partial charge in [-0.2, -0.15) is 13.2 Å². The summed E-state index contributed by atoms with van der Waals surface area (Å²) >= 11 is 6.53. The van der Waals surface area contributed by atoms with Crippen LogP contribution in [0.3, 0.4) is 0 Å². The van der Waals surface area contributed by atoms with Crippen molar-refractivity contribution in [3.63, 3.8) is 0 Å². The zero-order valence-corrected chi connectivity index (χ0v) is 71.9. The van der Waals surface area contributed by atoms with Gasteiger partial charge in [-0.25, -0.2) is 13.2 Å². The average molecular weight is 1660 g/mol. The second-order valence-electron chi connectivity index (χ2n) is 32.1. The molecule has 0 aliphatic rings. The lowest BCUT2D eigenvalue weighted by atomic mass is 9.84. The first kappa shape index (κ1) is 99.8. The average Bonchev–Trinajstić information content (AvgIpc) is 0.831. The van der Waals surface area contributed by atoms with Gasteiger partial charge < -0.3 is 46.5 Å². The maximum Gasteiger partial charge on any atom is 0.419 e. The van der Waals surface area contributed by atoms with Crippen molar-refractivity contribution in [3.05, 3.63) is 239 Å². The van der Waals surface area contributed by atoms with Crippen molar-refractivity contribution in [2.24, 2.45) is 58.8 Å². The smallest absolute Gasteiger partial charge is 0.419 e. The molecular formula is C91H124Br2F6N2O9. The van der Waals surface area contributed by atoms with Crippen LogP contribution in [0.25, 0.3) is 0 Å². The number of methoxy groups -OCH3 is 1. The first-order chi connectivity index (χ1) is 50.9. The number of aromatic hydroxyl groups is 5. The molecule has 9 N–H and O–H groups in total. The lowest BCUT2D eigenvalue weighted by Gasteiger charge is -2.21. The van der Waals surface area contributed by atoms with Crippen molar-refractivity contribution in [1.29, 1.82) is 0 Å². The number of rotatable bonds is 21. The van der Waals surface area contributed by atoms with Crippen molar-refractivity contribution in [2.45, 2.75) is 214 Å². The number of primary amides is 2. The molecule has 0 spiro atoms. The predicted octanol–water partition coefficient (Wildman–Crippen LogP) is 24.9. The quantitative estimate of drug-likeness (QED) is 0.0341. The van der Waals surface area contributed by atoms with Gasteiger partial charge in [-0.3, -0.25) is 9.59 Å². The third kappa shape index (κ3) is 41.2. The van der Waals surface area contributed by atoms with E-state index in [1.54, 1.807) is 36.4 Å². The molecule has 0 aliphatic heterocycles. The van der Waals surface area contributed by atoms with Gasteiger partial charge in [-0.15, -0.1) is 0 Å². The molecule has 8 aromatic rings. The standard InChI is InChI=1S/C14H22O.C13H19FO.C11H13F3O.C11H14FNO.C11H15FO.C11H15NO2.2C10H13BrO/c1-10(2)8-11-6-7-13(15)12(9-11)14(3,4)5;1-9(2)7-11-5-6-12(14)13(8-11)15-10(3)4;1-7(2)5-8-3-4-10(15)9(6-8)11(12,13)14;1-7(2)5-8-3-4-10(12)9(6-8)11(13)14;1-8(2)6-9-4-5-10(12)11(7-9)13-3;1-7(2)5-8-3-4-10(13)9(6-8)11(12)14;1-7(2)5-8-3-4-10(12)9(11)6-8;1-7(2)5-8-3-4-9(11)10(12)6-8/h6-7,9-10,15H,8H2,1-5H3;5-6,8-10H,7H2,1-4H3;3-4,6-7,15H,5H2,1-2H3;3-4,6-7H,5H2,1-2H3,(H2,13,14);4-5,7-8H,6H2,1-3H3;3-4,6-7,13H,5H2,1-2H3,(H2,12,14);2*3-4,6-7,12H,5H2,1-2H3. The summed E-state index contributed by atoms with van der Waals surface area (Å²) < 4.78 is 88.4. The van der Waals surface area contributed by atoms with E-state index in [2.05, 4.69) is 156 Å². The Balaban J connectivity index is 0.000000629. The minimum absolute atomic E-state index is 0.00815. The van der Waals surface area contributed by atoms with E-state index >= 15 is 0 Å². The van der Waals surface area contributed by atoms with Crippen LogP contribution in [-0.2, 0) is 63.0 Å². The Morgan fingerprint density at radius 2 is 0.645 bits per heavy atom. The highest BCUT2D eigenvalue weighted by Gasteiger charge is 2.34. The van der Waals surface area contributed by atoms with Gasteiger partial charge in [0.15, 0.2) is 23.1 Å². The van der Waals surface area contributed by atoms with E-state index in [1.807, 2.05) is 82.3 Å². The van der Waals surface area contributed by atoms with E-state index < -0.39 is 35.1 Å². The molecule has 0 heterocycles. The molecule has 8 aromatic carbocycles. The molecule has 2 amide bonds. The zero-order valence-electron chi connectivity index (χ0n) is 68.8. The first-order valence-corrected chi connectivity index (χ1v) is 39.1. The number of hydrogen-bond acceptors (Lipinski definition) is 9. The molecule has 0 atom stereocenters. The second-order valence-corrected chi connectivity index (χ2v) is 33.8. The maximum atomic E-state index is 13.3. The number of phenolic OH excluding ortho intramolecular Hbond substituents is 4. The Labute approximate surface area is 669 Å². The summed E-state index contributed by atoms with van der Waals surface area (Å²) in [5, 5.41) is 46.8. The van der Waals surface area contributed by atoms with Crippen molar-refractivity contribution < 1.29 is 70.9 Å². The Hall–Kier alpha value is -8.16. The van der Waals surface area contributed by atoms with Crippen molar-refractivity contribution in [2.75, 3.05) is 7.11 Å². The number of halogens is 8. The fourth-order valence-electron chi connectivity index (χ4n) is 11.0. The van der Waals surface area contributed by atoms with E-state index in [1.165, 1.54) is 60.2 Å². The van der Waals surface area contributed by atoms with Crippen molar-refractivity contribution in [1.82, 2.24) is 0 Å². The zero-order chi connectivity index (χ0) is 84.2. The first-order valence-electron chi connectivity index (χ1n) is 37.6. The Bertz CT molecular complexity index is 3870. The number of phenols is 5. The molecule has 0 fully saturated rings. The van der Waals surface area contributed by atoms with Crippen molar-refractivity contribution >= 4 is 43.7 Å². The molecule has 608 valence electrons. The SMILES string of the molecule is CC(C)Cc1ccc(Br)c(O)c1.CC(C)Cc1ccc(F)c(C(N)=O)c1.CC(C)Cc1ccc(F)c(OC(C)C)c1.CC(C)Cc1ccc(O)c(Br)c1.CC(C)Cc1ccc(O)c(C(C)(C)C)c1.CC(C)Cc1ccc(O)c(C(F)(F)F)c1.CC(C)Cc1ccc(O)c(C(N)=O)c1.COc1cc(CC(C)C)ccc1F. The van der Waals surface area contributed by atoms with Crippen LogP contribution in [0.2, 0.25) is 0 Å². The van der Waals surface area contributed by atoms with Crippen LogP contribution in [0.15, 0.2) is 155 Å². The molecule has 0 saturated heterocycles. The van der Waals surface area contributed by atoms with Crippen LogP contribution in [0, 0.1) is 64.8 Å². The van der Waals surface area contributed by atoms with E-state index in [-0.39, 0.29) is 45.9 Å². The topological polar surface area (TPSA) is 206 Å². The fourth-order valence-corrected chi connectivity index (χ4v) is 11.7. The van der Waals surface area contributed by atoms with Crippen LogP contribution in [-0.4, -0.2) is 50.6 Å². The highest BCUT2D eigenvalue weighted by molar-refractivity contribution is 9.11. The molecule has 0 bridgehead atoms. The number of ether oxygens (including phenoxy) is 2. The molecule has 0 unspecified atom stereocenters. The Morgan fingerprint density at radius 3 is 0.991 bits per heavy atom. The molecule has 0 aliphatic carbocycles. The summed E-state index contributed by atoms with van der Waals surface area (Å²) in [6, 6.07) is 40.6. The van der Waals surface area contributed by atoms with Gasteiger partial charge in [-0.1, -0.05) is 186 Å². The number of nitrogens with two attached hydrogens (primary N) is 2. The summed E-state index contributed by atoms with van der Waals surface area (Å²) in [6.07, 6.45) is 2.84. The molecule has 19 heteroatoms. The number of benzene rings is 8. The third-order valence-corrected chi connectivity index (χ3v) is 16.9. The fraction of sp³-hybridized carbons (Fsp3) is 0.451. The van der Waals surface area contributed by atoms with Crippen LogP contribution in [0.1, 0.15) is 222 Å². The molecule has 11 nitrogen and oxygen atoms in total. The minimum Gasteiger partial charge on any atom is -0.508 e. The highest BCUT2D eigenvalue weighted by Crippen LogP contribution is 2.37. The predicted molar refractivity (Wildman–Crippen MR) is 447 cm³/mol. The lowest BCUT2D eigenvalue weighted by molar-refractivity contribution is -0.138. The van der Waals surface area contributed by atoms with Crippen LogP contribution in [0.4, 0.5) is 26.3 Å². The lowest BCUT2D eigenvalue weighted by Crippen LogP contribution is -2.13. The maximum absolute atomic E-state index is 13.3. The van der Waals surface area contributed by atoms with Gasteiger partial charge in [0.25, 0.3) is 11.8 Å². The van der Waals surface area contributed by atoms with Gasteiger partial charge in [0.1, 0.15) is 34.6 Å². The minimum atomic E-state index is -4.49. The van der Waals surface area contributed by atoms with Crippen LogP contribution < -0.4 is 20.9 Å². The Kier molecular flexibility index (Phi) is 44.7. The Morgan fingerprint density at radius 1 is 0.355 bits per heavy atom. The number of alkyl halides is 3. The monoisotopic (exact) mass is 1660 g/mol. The molecular weight excluding hydrogens is 1540 g/mol. The van der Waals surface area contributed by atoms with E-state index in [4.69, 9.17) is 26.0 Å². The summed E-state index contributed by atoms with van der Waals surface area (Å²) in [4.78, 5) is 21.8. The molecule has 8 rings (SSSR count). The van der Waals surface area contributed by atoms with Gasteiger partial charge in [-0.05, 0) is 291 Å². The number of amides is 2. The molecule has 110 heavy (non-hydrogen) atoms. The summed E-state index contributed by atoms with van der Waals surface area (Å²) in [5.74, 6) is 2.91. The van der Waals surface area contributed by atoms with Gasteiger partial charge in [0, 0.05) is 0 Å². The van der Waals surface area contributed by atoms with E-state index in [0.29, 0.717) is 82.2 Å². The van der Waals surface area contributed by atoms with Crippen LogP contribution >= 0.6 is 31.9 Å². The van der Waals surface area contributed by atoms with E-state index in [0.717, 1.165) is 93.8 Å². The summed E-state index contributed by atoms with van der Waals surface area (Å²) in [7, 11) is 1.48. The van der Waals surface area contributed by atoms with Crippen molar-refractivity contribution in [3.8, 4) is 40.2 Å². The third-order valence-electron chi connectivity index (χ3n) is 15.6. The van der Waals surface area contributed by atoms with Crippen LogP contribution in [0.5, 0.6) is 40.2 Å². The summed E-state index contributed by atoms with van der Waals surface area (Å²) in [5.41, 5.74) is 19.0. The second kappa shape index (κ2) is 49.3. The number of carbonyl (C=O) groups excluding carboxylic acids is 2. The normalized spacial score (nSPS) is 11.1. The molecule has 0 radical (unpaired) electrons. The molecule has 0 aromatic heterocycles. The van der Waals surface area contributed by atoms with E-state index in [9.17, 15) is 56.4 Å². The largest absolute Gasteiger partial charge is 0.508 e. The highest BCUT2D eigenvalue weighted by atomic mass is 79.9. The van der Waals surface area contributed by atoms with Gasteiger partial charge >= 0.3 is 6.18 Å². The van der Waals surface area contributed by atoms with Gasteiger partial charge in [0.05, 0.1) is 38.8 Å². The molecule has 0 saturated carbocycles. The summed E-state index contributed by atoms with van der Waals surface area (Å²) in [6.45, 7) is 44.0. The number of hydrogen-bond donors (Lipinski definition) is 7. The number of carbonyl (C=O) groups is 2.